The molecule has 11 heteroatoms. The number of hydrogen-bond donors (Lipinski definition) is 0. The van der Waals surface area contributed by atoms with Crippen LogP contribution in [-0.2, 0) is 32.2 Å². The summed E-state index contributed by atoms with van der Waals surface area (Å²) in [6.45, 7) is 2.34. The van der Waals surface area contributed by atoms with Crippen molar-refractivity contribution in [2.75, 3.05) is 32.8 Å². The molecular weight excluding hydrogens is 537 g/mol. The van der Waals surface area contributed by atoms with Crippen LogP contribution in [0.5, 0.6) is 0 Å². The van der Waals surface area contributed by atoms with Gasteiger partial charge < -0.3 is 9.64 Å². The molecule has 38 heavy (non-hydrogen) atoms. The summed E-state index contributed by atoms with van der Waals surface area (Å²) >= 11 is 1.62. The van der Waals surface area contributed by atoms with Gasteiger partial charge in [-0.2, -0.15) is 17.5 Å². The summed E-state index contributed by atoms with van der Waals surface area (Å²) in [6.07, 6.45) is -3.76. The van der Waals surface area contributed by atoms with Gasteiger partial charge in [-0.3, -0.25) is 4.79 Å². The van der Waals surface area contributed by atoms with Gasteiger partial charge in [-0.25, -0.2) is 8.42 Å². The molecule has 0 fully saturated rings. The lowest BCUT2D eigenvalue weighted by Gasteiger charge is -2.37. The Balaban J connectivity index is 1.64. The maximum Gasteiger partial charge on any atom is 0.416 e. The van der Waals surface area contributed by atoms with Gasteiger partial charge in [0.15, 0.2) is 0 Å². The summed E-state index contributed by atoms with van der Waals surface area (Å²) in [5, 5.41) is 1.98. The van der Waals surface area contributed by atoms with Crippen molar-refractivity contribution in [3.8, 4) is 0 Å². The predicted molar refractivity (Wildman–Crippen MR) is 139 cm³/mol. The van der Waals surface area contributed by atoms with Crippen molar-refractivity contribution in [1.29, 1.82) is 0 Å². The Kier molecular flexibility index (Phi) is 8.92. The molecule has 0 aliphatic carbocycles. The molecule has 1 aliphatic rings. The number of fused-ring (bicyclic) bond motifs is 1. The number of thiophene rings is 1. The molecule has 0 saturated carbocycles. The highest BCUT2D eigenvalue weighted by atomic mass is 32.2. The predicted octanol–water partition coefficient (Wildman–Crippen LogP) is 5.36. The van der Waals surface area contributed by atoms with Crippen molar-refractivity contribution < 1.29 is 31.1 Å². The van der Waals surface area contributed by atoms with E-state index in [0.29, 0.717) is 25.6 Å². The average Bonchev–Trinajstić information content (AvgIpc) is 3.39. The van der Waals surface area contributed by atoms with Crippen molar-refractivity contribution in [3.05, 3.63) is 87.6 Å². The molecule has 0 N–H and O–H groups in total. The van der Waals surface area contributed by atoms with Crippen LogP contribution in [0.25, 0.3) is 0 Å². The highest BCUT2D eigenvalue weighted by Crippen LogP contribution is 2.38. The van der Waals surface area contributed by atoms with Gasteiger partial charge in [-0.05, 0) is 60.5 Å². The minimum atomic E-state index is -4.70. The van der Waals surface area contributed by atoms with E-state index in [1.165, 1.54) is 4.88 Å². The number of rotatable bonds is 10. The van der Waals surface area contributed by atoms with Gasteiger partial charge in [0.25, 0.3) is 0 Å². The highest BCUT2D eigenvalue weighted by molar-refractivity contribution is 7.89. The van der Waals surface area contributed by atoms with Gasteiger partial charge in [0.05, 0.1) is 23.0 Å². The number of sulfonamides is 1. The van der Waals surface area contributed by atoms with Crippen LogP contribution in [0.2, 0.25) is 0 Å². The lowest BCUT2D eigenvalue weighted by molar-refractivity contribution is -0.137. The Morgan fingerprint density at radius 1 is 1.13 bits per heavy atom. The third-order valence-corrected chi connectivity index (χ3v) is 9.25. The summed E-state index contributed by atoms with van der Waals surface area (Å²) in [5.74, 6) is -0.414. The number of ether oxygens (including phenoxy) is 1. The standard InChI is InChI=1S/C27H29F3N2O4S2/c1-2-36-16-7-14-31(38(34,35)22-11-6-10-21(18-22)27(28,29)30)19-25(33)32-15-12-24-23(13-17-37-24)26(32)20-8-4-3-5-9-20/h3-6,8-11,13,17-18,26H,2,7,12,14-16,19H2,1H3. The molecule has 2 aromatic carbocycles. The van der Waals surface area contributed by atoms with E-state index < -0.39 is 39.1 Å². The van der Waals surface area contributed by atoms with Crippen LogP contribution in [0.1, 0.15) is 41.0 Å². The Labute approximate surface area is 224 Å². The molecule has 1 atom stereocenters. The Bertz CT molecular complexity index is 1340. The molecule has 1 aliphatic heterocycles. The lowest BCUT2D eigenvalue weighted by atomic mass is 9.93. The lowest BCUT2D eigenvalue weighted by Crippen LogP contribution is -2.47. The van der Waals surface area contributed by atoms with E-state index in [-0.39, 0.29) is 25.6 Å². The fraction of sp³-hybridized carbons (Fsp3) is 0.370. The monoisotopic (exact) mass is 566 g/mol. The van der Waals surface area contributed by atoms with Crippen molar-refractivity contribution in [2.45, 2.75) is 36.9 Å². The first-order valence-electron chi connectivity index (χ1n) is 12.3. The molecule has 0 saturated heterocycles. The highest BCUT2D eigenvalue weighted by Gasteiger charge is 2.37. The molecule has 0 radical (unpaired) electrons. The molecule has 2 heterocycles. The van der Waals surface area contributed by atoms with Crippen molar-refractivity contribution in [2.24, 2.45) is 0 Å². The van der Waals surface area contributed by atoms with Gasteiger partial charge >= 0.3 is 6.18 Å². The van der Waals surface area contributed by atoms with Crippen LogP contribution >= 0.6 is 11.3 Å². The molecule has 6 nitrogen and oxygen atoms in total. The minimum Gasteiger partial charge on any atom is -0.382 e. The Morgan fingerprint density at radius 3 is 2.61 bits per heavy atom. The summed E-state index contributed by atoms with van der Waals surface area (Å²) in [6, 6.07) is 14.7. The largest absolute Gasteiger partial charge is 0.416 e. The van der Waals surface area contributed by atoms with Crippen molar-refractivity contribution in [3.63, 3.8) is 0 Å². The van der Waals surface area contributed by atoms with Gasteiger partial charge in [0.1, 0.15) is 0 Å². The summed E-state index contributed by atoms with van der Waals surface area (Å²) in [4.78, 5) is 16.1. The Morgan fingerprint density at radius 2 is 1.89 bits per heavy atom. The molecule has 1 amide bonds. The third-order valence-electron chi connectivity index (χ3n) is 6.41. The number of carbonyl (C=O) groups excluding carboxylic acids is 1. The SMILES string of the molecule is CCOCCCN(CC(=O)N1CCc2sccc2C1c1ccccc1)S(=O)(=O)c1cccc(C(F)(F)F)c1. The van der Waals surface area contributed by atoms with E-state index in [1.54, 1.807) is 23.2 Å². The summed E-state index contributed by atoms with van der Waals surface area (Å²) in [7, 11) is -4.40. The number of nitrogens with zero attached hydrogens (tertiary/aromatic N) is 2. The van der Waals surface area contributed by atoms with Crippen molar-refractivity contribution >= 4 is 27.3 Å². The molecule has 4 rings (SSSR count). The first-order chi connectivity index (χ1) is 18.1. The average molecular weight is 567 g/mol. The smallest absolute Gasteiger partial charge is 0.382 e. The fourth-order valence-electron chi connectivity index (χ4n) is 4.58. The second-order valence-electron chi connectivity index (χ2n) is 8.86. The molecule has 204 valence electrons. The quantitative estimate of drug-likeness (QED) is 0.310. The normalized spacial score (nSPS) is 16.0. The molecule has 3 aromatic rings. The first kappa shape index (κ1) is 28.3. The van der Waals surface area contributed by atoms with E-state index in [1.807, 2.05) is 41.8 Å². The van der Waals surface area contributed by atoms with E-state index in [4.69, 9.17) is 4.74 Å². The second kappa shape index (κ2) is 12.0. The van der Waals surface area contributed by atoms with Crippen LogP contribution in [-0.4, -0.2) is 56.4 Å². The molecule has 0 bridgehead atoms. The van der Waals surface area contributed by atoms with Gasteiger partial charge in [0.2, 0.25) is 15.9 Å². The topological polar surface area (TPSA) is 66.9 Å². The zero-order chi connectivity index (χ0) is 27.3. The molecule has 0 spiro atoms. The number of hydrogen-bond acceptors (Lipinski definition) is 5. The zero-order valence-electron chi connectivity index (χ0n) is 20.9. The number of amides is 1. The molecular formula is C27H29F3N2O4S2. The molecule has 1 unspecified atom stereocenters. The first-order valence-corrected chi connectivity index (χ1v) is 14.6. The summed E-state index contributed by atoms with van der Waals surface area (Å²) < 4.78 is 73.3. The minimum absolute atomic E-state index is 0.0716. The number of halogens is 3. The maximum atomic E-state index is 13.7. The third kappa shape index (κ3) is 6.28. The van der Waals surface area contributed by atoms with E-state index >= 15 is 0 Å². The van der Waals surface area contributed by atoms with Crippen LogP contribution < -0.4 is 0 Å². The van der Waals surface area contributed by atoms with E-state index in [2.05, 4.69) is 0 Å². The second-order valence-corrected chi connectivity index (χ2v) is 11.8. The van der Waals surface area contributed by atoms with Gasteiger partial charge in [0, 0.05) is 31.2 Å². The maximum absolute atomic E-state index is 13.7. The van der Waals surface area contributed by atoms with Crippen LogP contribution in [0, 0.1) is 0 Å². The summed E-state index contributed by atoms with van der Waals surface area (Å²) in [5.41, 5.74) is 0.845. The van der Waals surface area contributed by atoms with Crippen molar-refractivity contribution in [1.82, 2.24) is 9.21 Å². The Hall–Kier alpha value is -2.73. The van der Waals surface area contributed by atoms with E-state index in [0.717, 1.165) is 33.6 Å². The number of alkyl halides is 3. The van der Waals surface area contributed by atoms with Crippen LogP contribution in [0.15, 0.2) is 70.9 Å². The van der Waals surface area contributed by atoms with Gasteiger partial charge in [-0.15, -0.1) is 11.3 Å². The number of carbonyl (C=O) groups is 1. The van der Waals surface area contributed by atoms with E-state index in [9.17, 15) is 26.4 Å². The number of benzene rings is 2. The van der Waals surface area contributed by atoms with Gasteiger partial charge in [-0.1, -0.05) is 36.4 Å². The zero-order valence-corrected chi connectivity index (χ0v) is 22.5. The molecule has 1 aromatic heterocycles. The fourth-order valence-corrected chi connectivity index (χ4v) is 6.95. The van der Waals surface area contributed by atoms with Crippen LogP contribution in [0.4, 0.5) is 13.2 Å². The van der Waals surface area contributed by atoms with Crippen LogP contribution in [0.3, 0.4) is 0 Å².